The van der Waals surface area contributed by atoms with Crippen LogP contribution in [0.1, 0.15) is 51.0 Å². The predicted octanol–water partition coefficient (Wildman–Crippen LogP) is 5.74. The third-order valence-electron chi connectivity index (χ3n) is 4.60. The van der Waals surface area contributed by atoms with Gasteiger partial charge < -0.3 is 15.0 Å². The van der Waals surface area contributed by atoms with Gasteiger partial charge in [-0.05, 0) is 73.7 Å². The lowest BCUT2D eigenvalue weighted by atomic mass is 9.99. The van der Waals surface area contributed by atoms with Crippen molar-refractivity contribution in [1.82, 2.24) is 4.98 Å². The number of nitrogens with zero attached hydrogens (tertiary/aromatic N) is 2. The molecule has 30 heavy (non-hydrogen) atoms. The summed E-state index contributed by atoms with van der Waals surface area (Å²) in [6, 6.07) is 5.52. The summed E-state index contributed by atoms with van der Waals surface area (Å²) in [5.74, 6) is 0.286. The van der Waals surface area contributed by atoms with E-state index >= 15 is 0 Å². The minimum Gasteiger partial charge on any atom is -0.444 e. The maximum Gasteiger partial charge on any atom is 0.412 e. The van der Waals surface area contributed by atoms with Gasteiger partial charge in [-0.1, -0.05) is 6.92 Å². The fraction of sp³-hybridized carbons (Fsp3) is 0.476. The molecule has 1 fully saturated rings. The molecular weight excluding hydrogens is 468 g/mol. The number of anilines is 3. The van der Waals surface area contributed by atoms with Crippen LogP contribution in [0.2, 0.25) is 0 Å². The maximum atomic E-state index is 12.7. The molecule has 2 heterocycles. The second-order valence-corrected chi connectivity index (χ2v) is 10.6. The molecule has 0 spiro atoms. The van der Waals surface area contributed by atoms with Crippen LogP contribution < -0.4 is 15.5 Å². The van der Waals surface area contributed by atoms with Crippen molar-refractivity contribution < 1.29 is 14.3 Å². The molecule has 0 saturated carbocycles. The Labute approximate surface area is 189 Å². The summed E-state index contributed by atoms with van der Waals surface area (Å²) in [4.78, 5) is 31.4. The molecular formula is C21H27BrN4O3S. The van der Waals surface area contributed by atoms with Crippen molar-refractivity contribution in [2.24, 2.45) is 5.92 Å². The molecule has 9 heteroatoms. The molecule has 2 amide bonds. The number of hydrogen-bond donors (Lipinski definition) is 2. The van der Waals surface area contributed by atoms with E-state index in [2.05, 4.69) is 43.4 Å². The first-order valence-corrected chi connectivity index (χ1v) is 11.6. The highest BCUT2D eigenvalue weighted by atomic mass is 79.9. The summed E-state index contributed by atoms with van der Waals surface area (Å²) in [6.07, 6.45) is 1.76. The summed E-state index contributed by atoms with van der Waals surface area (Å²) in [7, 11) is 0. The standard InChI is InChI=1S/C21H27BrN4O3S/c1-13-6-5-9-26(11-13)17-8-7-14(23-20(28)29-21(2,3)4)10-15(17)24-18(27)16-12-30-19(22)25-16/h7-8,10,12-13H,5-6,9,11H2,1-4H3,(H,23,28)(H,24,27). The number of nitrogens with one attached hydrogen (secondary N) is 2. The van der Waals surface area contributed by atoms with Crippen LogP contribution in [0.3, 0.4) is 0 Å². The monoisotopic (exact) mass is 494 g/mol. The third-order valence-corrected chi connectivity index (χ3v) is 5.96. The van der Waals surface area contributed by atoms with Gasteiger partial charge in [-0.3, -0.25) is 10.1 Å². The Morgan fingerprint density at radius 2 is 2.07 bits per heavy atom. The summed E-state index contributed by atoms with van der Waals surface area (Å²) in [5.41, 5.74) is 1.86. The zero-order chi connectivity index (χ0) is 21.9. The van der Waals surface area contributed by atoms with Gasteiger partial charge in [0, 0.05) is 24.2 Å². The third kappa shape index (κ3) is 6.18. The van der Waals surface area contributed by atoms with Crippen molar-refractivity contribution >= 4 is 56.3 Å². The molecule has 0 aliphatic carbocycles. The predicted molar refractivity (Wildman–Crippen MR) is 125 cm³/mol. The van der Waals surface area contributed by atoms with Crippen molar-refractivity contribution in [1.29, 1.82) is 0 Å². The van der Waals surface area contributed by atoms with E-state index in [0.717, 1.165) is 25.2 Å². The maximum absolute atomic E-state index is 12.7. The summed E-state index contributed by atoms with van der Waals surface area (Å²) >= 11 is 4.64. The second-order valence-electron chi connectivity index (χ2n) is 8.49. The SMILES string of the molecule is CC1CCCN(c2ccc(NC(=O)OC(C)(C)C)cc2NC(=O)c2csc(Br)n2)C1. The van der Waals surface area contributed by atoms with E-state index in [4.69, 9.17) is 4.74 Å². The molecule has 1 saturated heterocycles. The van der Waals surface area contributed by atoms with Crippen molar-refractivity contribution in [2.75, 3.05) is 28.6 Å². The van der Waals surface area contributed by atoms with Gasteiger partial charge in [-0.2, -0.15) is 0 Å². The molecule has 1 aliphatic heterocycles. The van der Waals surface area contributed by atoms with Crippen LogP contribution in [0.4, 0.5) is 21.9 Å². The molecule has 162 valence electrons. The number of thiazole rings is 1. The number of halogens is 1. The Hall–Kier alpha value is -2.13. The van der Waals surface area contributed by atoms with E-state index in [1.807, 2.05) is 32.9 Å². The average molecular weight is 495 g/mol. The zero-order valence-electron chi connectivity index (χ0n) is 17.6. The highest BCUT2D eigenvalue weighted by Crippen LogP contribution is 2.33. The number of hydrogen-bond acceptors (Lipinski definition) is 6. The second kappa shape index (κ2) is 9.34. The molecule has 1 aromatic heterocycles. The first kappa shape index (κ1) is 22.6. The van der Waals surface area contributed by atoms with Gasteiger partial charge in [0.25, 0.3) is 5.91 Å². The molecule has 2 aromatic rings. The quantitative estimate of drug-likeness (QED) is 0.565. The Morgan fingerprint density at radius 3 is 2.70 bits per heavy atom. The molecule has 2 N–H and O–H groups in total. The number of benzene rings is 1. The first-order chi connectivity index (χ1) is 14.1. The average Bonchev–Trinajstić information content (AvgIpc) is 3.07. The normalized spacial score (nSPS) is 16.8. The number of carbonyl (C=O) groups is 2. The Kier molecular flexibility index (Phi) is 7.02. The van der Waals surface area contributed by atoms with E-state index < -0.39 is 11.7 Å². The molecule has 3 rings (SSSR count). The smallest absolute Gasteiger partial charge is 0.412 e. The minimum absolute atomic E-state index is 0.294. The van der Waals surface area contributed by atoms with E-state index in [1.165, 1.54) is 17.8 Å². The molecule has 0 bridgehead atoms. The van der Waals surface area contributed by atoms with Crippen LogP contribution in [-0.2, 0) is 4.74 Å². The van der Waals surface area contributed by atoms with Gasteiger partial charge in [0.15, 0.2) is 3.92 Å². The number of carbonyl (C=O) groups excluding carboxylic acids is 2. The van der Waals surface area contributed by atoms with Gasteiger partial charge in [0.05, 0.1) is 11.4 Å². The lowest BCUT2D eigenvalue weighted by molar-refractivity contribution is 0.0636. The van der Waals surface area contributed by atoms with Gasteiger partial charge in [0.2, 0.25) is 0 Å². The van der Waals surface area contributed by atoms with Crippen molar-refractivity contribution in [2.45, 2.75) is 46.1 Å². The van der Waals surface area contributed by atoms with Crippen molar-refractivity contribution in [3.05, 3.63) is 33.2 Å². The first-order valence-electron chi connectivity index (χ1n) is 9.92. The van der Waals surface area contributed by atoms with Crippen LogP contribution in [0, 0.1) is 5.92 Å². The summed E-state index contributed by atoms with van der Waals surface area (Å²) in [5, 5.41) is 7.41. The van der Waals surface area contributed by atoms with Crippen LogP contribution in [0.25, 0.3) is 0 Å². The lowest BCUT2D eigenvalue weighted by Crippen LogP contribution is -2.35. The lowest BCUT2D eigenvalue weighted by Gasteiger charge is -2.34. The summed E-state index contributed by atoms with van der Waals surface area (Å²) < 4.78 is 5.98. The number of amides is 2. The topological polar surface area (TPSA) is 83.6 Å². The van der Waals surface area contributed by atoms with E-state index in [9.17, 15) is 9.59 Å². The highest BCUT2D eigenvalue weighted by molar-refractivity contribution is 9.11. The van der Waals surface area contributed by atoms with Crippen LogP contribution in [0.15, 0.2) is 27.5 Å². The van der Waals surface area contributed by atoms with E-state index in [-0.39, 0.29) is 5.91 Å². The largest absolute Gasteiger partial charge is 0.444 e. The molecule has 1 aliphatic rings. The molecule has 0 radical (unpaired) electrons. The number of ether oxygens (including phenoxy) is 1. The Bertz CT molecular complexity index is 925. The zero-order valence-corrected chi connectivity index (χ0v) is 20.0. The fourth-order valence-electron chi connectivity index (χ4n) is 3.36. The number of aromatic nitrogens is 1. The molecule has 1 aromatic carbocycles. The van der Waals surface area contributed by atoms with Crippen LogP contribution >= 0.6 is 27.3 Å². The van der Waals surface area contributed by atoms with Crippen molar-refractivity contribution in [3.8, 4) is 0 Å². The summed E-state index contributed by atoms with van der Waals surface area (Å²) in [6.45, 7) is 9.51. The molecule has 1 atom stereocenters. The highest BCUT2D eigenvalue weighted by Gasteiger charge is 2.22. The number of rotatable bonds is 4. The van der Waals surface area contributed by atoms with E-state index in [1.54, 1.807) is 11.4 Å². The molecule has 7 nitrogen and oxygen atoms in total. The van der Waals surface area contributed by atoms with Gasteiger partial charge in [-0.15, -0.1) is 11.3 Å². The van der Waals surface area contributed by atoms with E-state index in [0.29, 0.717) is 26.9 Å². The molecule has 1 unspecified atom stereocenters. The van der Waals surface area contributed by atoms with Gasteiger partial charge in [-0.25, -0.2) is 9.78 Å². The van der Waals surface area contributed by atoms with Crippen LogP contribution in [-0.4, -0.2) is 35.7 Å². The minimum atomic E-state index is -0.594. The fourth-order valence-corrected chi connectivity index (χ4v) is 4.35. The van der Waals surface area contributed by atoms with Gasteiger partial charge >= 0.3 is 6.09 Å². The van der Waals surface area contributed by atoms with Crippen LogP contribution in [0.5, 0.6) is 0 Å². The van der Waals surface area contributed by atoms with Gasteiger partial charge in [0.1, 0.15) is 11.3 Å². The number of piperidine rings is 1. The Balaban J connectivity index is 1.86. The Morgan fingerprint density at radius 1 is 1.30 bits per heavy atom. The van der Waals surface area contributed by atoms with Crippen molar-refractivity contribution in [3.63, 3.8) is 0 Å².